The predicted molar refractivity (Wildman–Crippen MR) is 84.6 cm³/mol. The van der Waals surface area contributed by atoms with Gasteiger partial charge in [-0.3, -0.25) is 0 Å². The number of carbonyl (C=O) groups excluding carboxylic acids is 1. The molecule has 0 saturated carbocycles. The van der Waals surface area contributed by atoms with Crippen molar-refractivity contribution in [1.29, 1.82) is 0 Å². The fourth-order valence-electron chi connectivity index (χ4n) is 2.29. The van der Waals surface area contributed by atoms with E-state index in [2.05, 4.69) is 0 Å². The van der Waals surface area contributed by atoms with Gasteiger partial charge in [0.15, 0.2) is 0 Å². The molecule has 108 valence electrons. The zero-order chi connectivity index (χ0) is 15.0. The van der Waals surface area contributed by atoms with E-state index < -0.39 is 0 Å². The monoisotopic (exact) mass is 301 g/mol. The van der Waals surface area contributed by atoms with Crippen molar-refractivity contribution >= 4 is 34.0 Å². The summed E-state index contributed by atoms with van der Waals surface area (Å²) in [5.41, 5.74) is 9.20. The van der Waals surface area contributed by atoms with E-state index in [9.17, 15) is 4.79 Å². The van der Waals surface area contributed by atoms with Crippen LogP contribution in [-0.4, -0.2) is 12.6 Å². The lowest BCUT2D eigenvalue weighted by atomic mass is 10.1. The molecule has 0 radical (unpaired) electrons. The molecule has 0 amide bonds. The van der Waals surface area contributed by atoms with Crippen LogP contribution in [0.1, 0.15) is 22.2 Å². The number of hydrogen-bond donors (Lipinski definition) is 1. The van der Waals surface area contributed by atoms with Crippen molar-refractivity contribution in [2.24, 2.45) is 0 Å². The van der Waals surface area contributed by atoms with Gasteiger partial charge in [0.25, 0.3) is 0 Å². The number of ether oxygens (including phenoxy) is 1. The molecule has 0 bridgehead atoms. The van der Waals surface area contributed by atoms with Crippen LogP contribution in [0.4, 0.5) is 5.69 Å². The largest absolute Gasteiger partial charge is 0.464 e. The molecule has 0 fully saturated rings. The number of fused-ring (bicyclic) bond motifs is 1. The number of esters is 1. The van der Waals surface area contributed by atoms with Crippen molar-refractivity contribution in [3.63, 3.8) is 0 Å². The van der Waals surface area contributed by atoms with E-state index in [1.165, 1.54) is 11.3 Å². The lowest BCUT2D eigenvalue weighted by Crippen LogP contribution is -2.05. The van der Waals surface area contributed by atoms with Crippen LogP contribution in [0.2, 0.25) is 0 Å². The second-order valence-corrected chi connectivity index (χ2v) is 5.69. The molecule has 3 rings (SSSR count). The van der Waals surface area contributed by atoms with Crippen molar-refractivity contribution < 1.29 is 13.9 Å². The second-order valence-electron chi connectivity index (χ2n) is 4.66. The highest BCUT2D eigenvalue weighted by Gasteiger charge is 2.22. The first-order valence-corrected chi connectivity index (χ1v) is 7.47. The highest BCUT2D eigenvalue weighted by atomic mass is 32.1. The van der Waals surface area contributed by atoms with Crippen LogP contribution in [0.5, 0.6) is 0 Å². The van der Waals surface area contributed by atoms with Gasteiger partial charge in [0.05, 0.1) is 12.3 Å². The molecule has 0 spiro atoms. The minimum Gasteiger partial charge on any atom is -0.464 e. The van der Waals surface area contributed by atoms with Crippen LogP contribution < -0.4 is 5.73 Å². The fourth-order valence-corrected chi connectivity index (χ4v) is 3.43. The van der Waals surface area contributed by atoms with E-state index in [1.54, 1.807) is 13.2 Å². The number of anilines is 1. The van der Waals surface area contributed by atoms with Crippen molar-refractivity contribution in [3.05, 3.63) is 41.0 Å². The first kappa shape index (κ1) is 13.7. The molecule has 2 N–H and O–H groups in total. The van der Waals surface area contributed by atoms with Crippen LogP contribution in [0.25, 0.3) is 21.4 Å². The molecule has 2 heterocycles. The van der Waals surface area contributed by atoms with Gasteiger partial charge in [-0.2, -0.15) is 0 Å². The number of nitrogen functional groups attached to an aromatic ring is 1. The first-order chi connectivity index (χ1) is 10.1. The molecule has 0 aliphatic carbocycles. The lowest BCUT2D eigenvalue weighted by molar-refractivity contribution is 0.0533. The summed E-state index contributed by atoms with van der Waals surface area (Å²) in [5.74, 6) is -0.373. The number of thiophene rings is 1. The molecule has 3 aromatic rings. The predicted octanol–water partition coefficient (Wildman–Crippen LogP) is 4.23. The molecule has 0 aliphatic heterocycles. The molecule has 0 unspecified atom stereocenters. The van der Waals surface area contributed by atoms with Gasteiger partial charge in [0.1, 0.15) is 16.7 Å². The van der Waals surface area contributed by atoms with E-state index in [-0.39, 0.29) is 5.97 Å². The minimum absolute atomic E-state index is 0.333. The van der Waals surface area contributed by atoms with E-state index >= 15 is 0 Å². The summed E-state index contributed by atoms with van der Waals surface area (Å²) in [6.45, 7) is 4.02. The SMILES string of the molecule is CCOC(=O)c1sc(-c2coc3ccccc23)c(C)c1N. The first-order valence-electron chi connectivity index (χ1n) is 6.66. The third-order valence-corrected chi connectivity index (χ3v) is 4.70. The molecule has 21 heavy (non-hydrogen) atoms. The summed E-state index contributed by atoms with van der Waals surface area (Å²) in [4.78, 5) is 13.3. The van der Waals surface area contributed by atoms with Gasteiger partial charge in [0.2, 0.25) is 0 Å². The van der Waals surface area contributed by atoms with Crippen LogP contribution >= 0.6 is 11.3 Å². The number of para-hydroxylation sites is 1. The Morgan fingerprint density at radius 2 is 2.14 bits per heavy atom. The molecule has 2 aromatic heterocycles. The van der Waals surface area contributed by atoms with Gasteiger partial charge < -0.3 is 14.9 Å². The molecule has 1 aromatic carbocycles. The highest BCUT2D eigenvalue weighted by Crippen LogP contribution is 2.41. The quantitative estimate of drug-likeness (QED) is 0.735. The molecule has 4 nitrogen and oxygen atoms in total. The zero-order valence-electron chi connectivity index (χ0n) is 11.8. The molecule has 5 heteroatoms. The van der Waals surface area contributed by atoms with E-state index in [4.69, 9.17) is 14.9 Å². The molecule has 0 saturated heterocycles. The van der Waals surface area contributed by atoms with Crippen LogP contribution in [-0.2, 0) is 4.74 Å². The number of hydrogen-bond acceptors (Lipinski definition) is 5. The number of furan rings is 1. The van der Waals surface area contributed by atoms with Crippen molar-refractivity contribution in [3.8, 4) is 10.4 Å². The summed E-state index contributed by atoms with van der Waals surface area (Å²) >= 11 is 1.35. The Balaban J connectivity index is 2.15. The minimum atomic E-state index is -0.373. The number of carbonyl (C=O) groups is 1. The maximum absolute atomic E-state index is 11.9. The van der Waals surface area contributed by atoms with E-state index in [0.717, 1.165) is 27.0 Å². The zero-order valence-corrected chi connectivity index (χ0v) is 12.6. The van der Waals surface area contributed by atoms with Crippen molar-refractivity contribution in [2.75, 3.05) is 12.3 Å². The molecule has 0 atom stereocenters. The maximum Gasteiger partial charge on any atom is 0.350 e. The lowest BCUT2D eigenvalue weighted by Gasteiger charge is -1.99. The van der Waals surface area contributed by atoms with Gasteiger partial charge in [-0.15, -0.1) is 11.3 Å². The fraction of sp³-hybridized carbons (Fsp3) is 0.188. The van der Waals surface area contributed by atoms with Gasteiger partial charge in [-0.05, 0) is 25.5 Å². The van der Waals surface area contributed by atoms with Gasteiger partial charge in [0, 0.05) is 15.8 Å². The third kappa shape index (κ3) is 2.19. The van der Waals surface area contributed by atoms with Crippen LogP contribution in [0.15, 0.2) is 34.9 Å². The Labute approximate surface area is 126 Å². The number of nitrogens with two attached hydrogens (primary N) is 1. The molecule has 0 aliphatic rings. The van der Waals surface area contributed by atoms with Crippen molar-refractivity contribution in [2.45, 2.75) is 13.8 Å². The van der Waals surface area contributed by atoms with Gasteiger partial charge in [-0.1, -0.05) is 18.2 Å². The summed E-state index contributed by atoms with van der Waals surface area (Å²) < 4.78 is 10.6. The van der Waals surface area contributed by atoms with E-state index in [1.807, 2.05) is 31.2 Å². The van der Waals surface area contributed by atoms with E-state index in [0.29, 0.717) is 17.2 Å². The average molecular weight is 301 g/mol. The normalized spacial score (nSPS) is 11.0. The van der Waals surface area contributed by atoms with Crippen molar-refractivity contribution in [1.82, 2.24) is 0 Å². The number of rotatable bonds is 3. The summed E-state index contributed by atoms with van der Waals surface area (Å²) in [5, 5.41) is 1.01. The number of benzene rings is 1. The molecular weight excluding hydrogens is 286 g/mol. The standard InChI is InChI=1S/C16H15NO3S/c1-3-19-16(18)15-13(17)9(2)14(21-15)11-8-20-12-7-5-4-6-10(11)12/h4-8H,3,17H2,1-2H3. The Morgan fingerprint density at radius 1 is 1.38 bits per heavy atom. The van der Waals surface area contributed by atoms with Gasteiger partial charge >= 0.3 is 5.97 Å². The summed E-state index contributed by atoms with van der Waals surface area (Å²) in [6, 6.07) is 7.79. The Bertz CT molecular complexity index is 816. The smallest absolute Gasteiger partial charge is 0.350 e. The average Bonchev–Trinajstić information content (AvgIpc) is 3.02. The Morgan fingerprint density at radius 3 is 2.90 bits per heavy atom. The van der Waals surface area contributed by atoms with Gasteiger partial charge in [-0.25, -0.2) is 4.79 Å². The highest BCUT2D eigenvalue weighted by molar-refractivity contribution is 7.18. The molecular formula is C16H15NO3S. The maximum atomic E-state index is 11.9. The Kier molecular flexibility index (Phi) is 3.43. The third-order valence-electron chi connectivity index (χ3n) is 3.38. The second kappa shape index (κ2) is 5.26. The van der Waals surface area contributed by atoms with Crippen LogP contribution in [0, 0.1) is 6.92 Å². The summed E-state index contributed by atoms with van der Waals surface area (Å²) in [6.07, 6.45) is 1.71. The Hall–Kier alpha value is -2.27. The topological polar surface area (TPSA) is 65.5 Å². The summed E-state index contributed by atoms with van der Waals surface area (Å²) in [7, 11) is 0. The van der Waals surface area contributed by atoms with Crippen LogP contribution in [0.3, 0.4) is 0 Å².